The van der Waals surface area contributed by atoms with E-state index in [2.05, 4.69) is 25.2 Å². The molecule has 0 atom stereocenters. The Balaban J connectivity index is 2.26. The van der Waals surface area contributed by atoms with Crippen LogP contribution in [0.15, 0.2) is 36.4 Å². The number of rotatable bonds is 5. The van der Waals surface area contributed by atoms with E-state index in [1.54, 1.807) is 7.11 Å². The van der Waals surface area contributed by atoms with E-state index < -0.39 is 0 Å². The van der Waals surface area contributed by atoms with Crippen LogP contribution >= 0.6 is 0 Å². The third-order valence-corrected chi connectivity index (χ3v) is 3.94. The highest BCUT2D eigenvalue weighted by Crippen LogP contribution is 2.30. The number of carbonyl (C=O) groups is 1. The molecule has 24 heavy (non-hydrogen) atoms. The number of anilines is 1. The maximum absolute atomic E-state index is 12.6. The van der Waals surface area contributed by atoms with Gasteiger partial charge in [-0.25, -0.2) is 0 Å². The summed E-state index contributed by atoms with van der Waals surface area (Å²) in [5.41, 5.74) is 4.16. The fraction of sp³-hybridized carbons (Fsp3) is 0.300. The molecule has 0 aromatic heterocycles. The van der Waals surface area contributed by atoms with Gasteiger partial charge < -0.3 is 10.1 Å². The van der Waals surface area contributed by atoms with Crippen molar-refractivity contribution in [3.8, 4) is 11.8 Å². The standard InChI is InChI=1S/C20H22N2O2/c1-13(2)17-12-18(14(3)11-19(17)24-4)20(23)22-16-7-5-15(6-8-16)9-10-21/h5-8,11-13H,9H2,1-4H3,(H,22,23). The molecule has 0 aliphatic carbocycles. The Kier molecular flexibility index (Phi) is 5.59. The predicted octanol–water partition coefficient (Wildman–Crippen LogP) is 4.45. The van der Waals surface area contributed by atoms with Crippen molar-refractivity contribution in [1.29, 1.82) is 5.26 Å². The molecule has 0 aliphatic rings. The van der Waals surface area contributed by atoms with Crippen LogP contribution in [-0.2, 0) is 6.42 Å². The van der Waals surface area contributed by atoms with Crippen LogP contribution in [-0.4, -0.2) is 13.0 Å². The molecule has 2 aromatic carbocycles. The molecule has 1 N–H and O–H groups in total. The highest BCUT2D eigenvalue weighted by Gasteiger charge is 2.16. The van der Waals surface area contributed by atoms with Gasteiger partial charge in [0.15, 0.2) is 0 Å². The molecule has 4 nitrogen and oxygen atoms in total. The van der Waals surface area contributed by atoms with Gasteiger partial charge in [0.1, 0.15) is 5.75 Å². The number of aryl methyl sites for hydroxylation is 1. The van der Waals surface area contributed by atoms with Crippen LogP contribution < -0.4 is 10.1 Å². The fourth-order valence-electron chi connectivity index (χ4n) is 2.57. The first-order valence-electron chi connectivity index (χ1n) is 7.92. The summed E-state index contributed by atoms with van der Waals surface area (Å²) in [7, 11) is 1.64. The van der Waals surface area contributed by atoms with E-state index >= 15 is 0 Å². The number of benzene rings is 2. The minimum atomic E-state index is -0.148. The van der Waals surface area contributed by atoms with Crippen LogP contribution in [0.3, 0.4) is 0 Å². The van der Waals surface area contributed by atoms with E-state index in [-0.39, 0.29) is 11.8 Å². The Hall–Kier alpha value is -2.80. The Bertz CT molecular complexity index is 771. The van der Waals surface area contributed by atoms with Crippen molar-refractivity contribution in [2.45, 2.75) is 33.1 Å². The lowest BCUT2D eigenvalue weighted by Gasteiger charge is -2.16. The minimum Gasteiger partial charge on any atom is -0.496 e. The lowest BCUT2D eigenvalue weighted by Crippen LogP contribution is -2.14. The molecule has 0 radical (unpaired) electrons. The number of methoxy groups -OCH3 is 1. The van der Waals surface area contributed by atoms with Crippen molar-refractivity contribution in [3.63, 3.8) is 0 Å². The van der Waals surface area contributed by atoms with E-state index in [0.717, 1.165) is 22.4 Å². The van der Waals surface area contributed by atoms with Crippen LogP contribution in [0.4, 0.5) is 5.69 Å². The Morgan fingerprint density at radius 1 is 1.25 bits per heavy atom. The number of carbonyl (C=O) groups excluding carboxylic acids is 1. The first-order chi connectivity index (χ1) is 11.5. The van der Waals surface area contributed by atoms with Crippen molar-refractivity contribution < 1.29 is 9.53 Å². The first-order valence-corrected chi connectivity index (χ1v) is 7.92. The number of nitrogens with zero attached hydrogens (tertiary/aromatic N) is 1. The summed E-state index contributed by atoms with van der Waals surface area (Å²) in [6.07, 6.45) is 0.365. The van der Waals surface area contributed by atoms with Crippen molar-refractivity contribution in [3.05, 3.63) is 58.7 Å². The minimum absolute atomic E-state index is 0.148. The second-order valence-corrected chi connectivity index (χ2v) is 6.05. The Morgan fingerprint density at radius 3 is 2.46 bits per heavy atom. The van der Waals surface area contributed by atoms with Gasteiger partial charge in [0.2, 0.25) is 0 Å². The Morgan fingerprint density at radius 2 is 1.92 bits per heavy atom. The molecule has 124 valence electrons. The molecule has 4 heteroatoms. The van der Waals surface area contributed by atoms with E-state index in [9.17, 15) is 4.79 Å². The lowest BCUT2D eigenvalue weighted by molar-refractivity contribution is 0.102. The summed E-state index contributed by atoms with van der Waals surface area (Å²) in [5, 5.41) is 11.6. The zero-order valence-electron chi connectivity index (χ0n) is 14.5. The zero-order chi connectivity index (χ0) is 17.7. The SMILES string of the molecule is COc1cc(C)c(C(=O)Nc2ccc(CC#N)cc2)cc1C(C)C. The quantitative estimate of drug-likeness (QED) is 0.885. The van der Waals surface area contributed by atoms with Gasteiger partial charge in [-0.1, -0.05) is 26.0 Å². The third kappa shape index (κ3) is 3.94. The van der Waals surface area contributed by atoms with Crippen molar-refractivity contribution in [2.24, 2.45) is 0 Å². The molecule has 0 heterocycles. The number of hydrogen-bond acceptors (Lipinski definition) is 3. The molecular weight excluding hydrogens is 300 g/mol. The van der Waals surface area contributed by atoms with Gasteiger partial charge in [-0.3, -0.25) is 4.79 Å². The van der Waals surface area contributed by atoms with Gasteiger partial charge in [-0.15, -0.1) is 0 Å². The van der Waals surface area contributed by atoms with E-state index in [1.807, 2.05) is 43.3 Å². The van der Waals surface area contributed by atoms with Gasteiger partial charge in [-0.05, 0) is 53.8 Å². The summed E-state index contributed by atoms with van der Waals surface area (Å²) in [6, 6.07) is 13.2. The van der Waals surface area contributed by atoms with Gasteiger partial charge in [0, 0.05) is 11.3 Å². The average molecular weight is 322 g/mol. The largest absolute Gasteiger partial charge is 0.496 e. The Labute approximate surface area is 143 Å². The third-order valence-electron chi connectivity index (χ3n) is 3.94. The maximum atomic E-state index is 12.6. The molecule has 0 unspecified atom stereocenters. The topological polar surface area (TPSA) is 62.1 Å². The summed E-state index contributed by atoms with van der Waals surface area (Å²) in [4.78, 5) is 12.6. The summed E-state index contributed by atoms with van der Waals surface area (Å²) < 4.78 is 5.42. The summed E-state index contributed by atoms with van der Waals surface area (Å²) in [5.74, 6) is 0.919. The molecule has 0 spiro atoms. The molecular formula is C20H22N2O2. The number of ether oxygens (including phenoxy) is 1. The number of nitrogens with one attached hydrogen (secondary N) is 1. The molecule has 2 aromatic rings. The van der Waals surface area contributed by atoms with Gasteiger partial charge in [0.05, 0.1) is 19.6 Å². The highest BCUT2D eigenvalue weighted by molar-refractivity contribution is 6.05. The second kappa shape index (κ2) is 7.65. The molecule has 2 rings (SSSR count). The van der Waals surface area contributed by atoms with E-state index in [0.29, 0.717) is 17.7 Å². The molecule has 0 fully saturated rings. The number of nitriles is 1. The van der Waals surface area contributed by atoms with Crippen LogP contribution in [0.2, 0.25) is 0 Å². The summed E-state index contributed by atoms with van der Waals surface area (Å²) >= 11 is 0. The molecule has 0 bridgehead atoms. The number of hydrogen-bond donors (Lipinski definition) is 1. The number of amides is 1. The average Bonchev–Trinajstić information content (AvgIpc) is 2.56. The summed E-state index contributed by atoms with van der Waals surface area (Å²) in [6.45, 7) is 6.04. The first kappa shape index (κ1) is 17.6. The van der Waals surface area contributed by atoms with Crippen molar-refractivity contribution in [2.75, 3.05) is 12.4 Å². The predicted molar refractivity (Wildman–Crippen MR) is 95.5 cm³/mol. The van der Waals surface area contributed by atoms with Crippen molar-refractivity contribution >= 4 is 11.6 Å². The molecule has 0 saturated carbocycles. The second-order valence-electron chi connectivity index (χ2n) is 6.05. The van der Waals surface area contributed by atoms with Crippen LogP contribution in [0, 0.1) is 18.3 Å². The maximum Gasteiger partial charge on any atom is 0.255 e. The fourth-order valence-corrected chi connectivity index (χ4v) is 2.57. The normalized spacial score (nSPS) is 10.3. The van der Waals surface area contributed by atoms with Gasteiger partial charge in [-0.2, -0.15) is 5.26 Å². The highest BCUT2D eigenvalue weighted by atomic mass is 16.5. The van der Waals surface area contributed by atoms with Crippen LogP contribution in [0.1, 0.15) is 46.8 Å². The molecule has 0 aliphatic heterocycles. The van der Waals surface area contributed by atoms with Crippen molar-refractivity contribution in [1.82, 2.24) is 0 Å². The van der Waals surface area contributed by atoms with Gasteiger partial charge >= 0.3 is 0 Å². The monoisotopic (exact) mass is 322 g/mol. The smallest absolute Gasteiger partial charge is 0.255 e. The van der Waals surface area contributed by atoms with E-state index in [1.165, 1.54) is 0 Å². The zero-order valence-corrected chi connectivity index (χ0v) is 14.5. The molecule has 1 amide bonds. The van der Waals surface area contributed by atoms with E-state index in [4.69, 9.17) is 10.00 Å². The lowest BCUT2D eigenvalue weighted by atomic mass is 9.96. The molecule has 0 saturated heterocycles. The van der Waals surface area contributed by atoms with Crippen LogP contribution in [0.25, 0.3) is 0 Å². The van der Waals surface area contributed by atoms with Gasteiger partial charge in [0.25, 0.3) is 5.91 Å². The van der Waals surface area contributed by atoms with Crippen LogP contribution in [0.5, 0.6) is 5.75 Å².